The standard InChI is InChI=1S/C16H11N3O4S/c20-13-11-6-5-10(7-12(11)14(21)19-13)18-16(24)17-9-3-1-8(2-4-9)15(22)23/h1-7H,(H,22,23)(H2,17,18,24)(H,19,20,21). The number of benzene rings is 2. The van der Waals surface area contributed by atoms with Gasteiger partial charge in [-0.05, 0) is 54.7 Å². The molecule has 2 amide bonds. The molecule has 4 N–H and O–H groups in total. The van der Waals surface area contributed by atoms with E-state index in [1.165, 1.54) is 18.2 Å². The number of hydrogen-bond donors (Lipinski definition) is 4. The Kier molecular flexibility index (Phi) is 3.97. The minimum Gasteiger partial charge on any atom is -0.478 e. The summed E-state index contributed by atoms with van der Waals surface area (Å²) in [5.74, 6) is -1.87. The first-order valence-electron chi connectivity index (χ1n) is 6.85. The Morgan fingerprint density at radius 3 is 2.17 bits per heavy atom. The van der Waals surface area contributed by atoms with Crippen LogP contribution < -0.4 is 16.0 Å². The van der Waals surface area contributed by atoms with E-state index in [4.69, 9.17) is 17.3 Å². The number of thiocarbonyl (C=S) groups is 1. The molecule has 24 heavy (non-hydrogen) atoms. The minimum atomic E-state index is -1.01. The summed E-state index contributed by atoms with van der Waals surface area (Å²) in [6.45, 7) is 0. The van der Waals surface area contributed by atoms with E-state index in [1.54, 1.807) is 24.3 Å². The zero-order valence-electron chi connectivity index (χ0n) is 12.1. The fourth-order valence-corrected chi connectivity index (χ4v) is 2.47. The molecule has 0 radical (unpaired) electrons. The van der Waals surface area contributed by atoms with E-state index in [2.05, 4.69) is 16.0 Å². The second-order valence-electron chi connectivity index (χ2n) is 5.01. The van der Waals surface area contributed by atoms with Crippen molar-refractivity contribution in [2.24, 2.45) is 0 Å². The van der Waals surface area contributed by atoms with Crippen LogP contribution in [0.3, 0.4) is 0 Å². The number of carboxylic acid groups (broad SMARTS) is 1. The van der Waals surface area contributed by atoms with E-state index in [0.29, 0.717) is 22.5 Å². The van der Waals surface area contributed by atoms with Crippen LogP contribution in [0, 0.1) is 0 Å². The summed E-state index contributed by atoms with van der Waals surface area (Å²) < 4.78 is 0. The number of carbonyl (C=O) groups excluding carboxylic acids is 2. The Morgan fingerprint density at radius 2 is 1.50 bits per heavy atom. The van der Waals surface area contributed by atoms with Crippen LogP contribution in [0.5, 0.6) is 0 Å². The molecule has 2 aromatic rings. The number of amides is 2. The largest absolute Gasteiger partial charge is 0.478 e. The molecular weight excluding hydrogens is 330 g/mol. The summed E-state index contributed by atoms with van der Waals surface area (Å²) in [4.78, 5) is 33.9. The van der Waals surface area contributed by atoms with Crippen LogP contribution in [-0.2, 0) is 0 Å². The Hall–Kier alpha value is -3.26. The highest BCUT2D eigenvalue weighted by atomic mass is 32.1. The fourth-order valence-electron chi connectivity index (χ4n) is 2.24. The Labute approximate surface area is 141 Å². The quantitative estimate of drug-likeness (QED) is 0.500. The number of nitrogens with one attached hydrogen (secondary N) is 3. The lowest BCUT2D eigenvalue weighted by Gasteiger charge is -2.11. The van der Waals surface area contributed by atoms with Gasteiger partial charge in [0.05, 0.1) is 16.7 Å². The van der Waals surface area contributed by atoms with Gasteiger partial charge in [-0.15, -0.1) is 0 Å². The van der Waals surface area contributed by atoms with E-state index in [1.807, 2.05) is 0 Å². The molecule has 1 heterocycles. The molecule has 0 bridgehead atoms. The highest BCUT2D eigenvalue weighted by Gasteiger charge is 2.26. The fraction of sp³-hybridized carbons (Fsp3) is 0. The predicted octanol–water partition coefficient (Wildman–Crippen LogP) is 2.08. The summed E-state index contributed by atoms with van der Waals surface area (Å²) >= 11 is 5.18. The van der Waals surface area contributed by atoms with Gasteiger partial charge in [-0.2, -0.15) is 0 Å². The molecule has 0 saturated heterocycles. The summed E-state index contributed by atoms with van der Waals surface area (Å²) in [5, 5.41) is 17.1. The van der Waals surface area contributed by atoms with Crippen molar-refractivity contribution in [2.75, 3.05) is 10.6 Å². The number of carbonyl (C=O) groups is 3. The van der Waals surface area contributed by atoms with Crippen LogP contribution in [0.2, 0.25) is 0 Å². The number of fused-ring (bicyclic) bond motifs is 1. The van der Waals surface area contributed by atoms with E-state index < -0.39 is 17.8 Å². The van der Waals surface area contributed by atoms with Crippen LogP contribution in [-0.4, -0.2) is 28.0 Å². The molecule has 1 aliphatic rings. The molecule has 0 aliphatic carbocycles. The van der Waals surface area contributed by atoms with E-state index in [-0.39, 0.29) is 10.7 Å². The Morgan fingerprint density at radius 1 is 0.917 bits per heavy atom. The van der Waals surface area contributed by atoms with Gasteiger partial charge in [0, 0.05) is 11.4 Å². The van der Waals surface area contributed by atoms with Crippen molar-refractivity contribution in [2.45, 2.75) is 0 Å². The number of aromatic carboxylic acids is 1. The average molecular weight is 341 g/mol. The first-order chi connectivity index (χ1) is 11.4. The number of rotatable bonds is 3. The number of imide groups is 1. The van der Waals surface area contributed by atoms with Crippen molar-refractivity contribution in [1.82, 2.24) is 5.32 Å². The lowest BCUT2D eigenvalue weighted by atomic mass is 10.1. The molecule has 3 rings (SSSR count). The van der Waals surface area contributed by atoms with Crippen LogP contribution >= 0.6 is 12.2 Å². The molecule has 120 valence electrons. The SMILES string of the molecule is O=C(O)c1ccc(NC(=S)Nc2ccc3c(c2)C(=O)NC3=O)cc1. The lowest BCUT2D eigenvalue weighted by Crippen LogP contribution is -2.20. The van der Waals surface area contributed by atoms with Crippen molar-refractivity contribution in [3.05, 3.63) is 59.2 Å². The van der Waals surface area contributed by atoms with E-state index >= 15 is 0 Å². The van der Waals surface area contributed by atoms with Gasteiger partial charge in [-0.3, -0.25) is 14.9 Å². The monoisotopic (exact) mass is 341 g/mol. The second-order valence-corrected chi connectivity index (χ2v) is 5.41. The third-order valence-corrected chi connectivity index (χ3v) is 3.59. The molecule has 7 nitrogen and oxygen atoms in total. The Balaban J connectivity index is 1.69. The lowest BCUT2D eigenvalue weighted by molar-refractivity contribution is 0.0696. The third-order valence-electron chi connectivity index (χ3n) is 3.38. The van der Waals surface area contributed by atoms with Gasteiger partial charge in [-0.1, -0.05) is 0 Å². The zero-order valence-corrected chi connectivity index (χ0v) is 12.9. The van der Waals surface area contributed by atoms with Crippen molar-refractivity contribution >= 4 is 46.5 Å². The van der Waals surface area contributed by atoms with Gasteiger partial charge in [0.15, 0.2) is 5.11 Å². The van der Waals surface area contributed by atoms with Gasteiger partial charge >= 0.3 is 5.97 Å². The minimum absolute atomic E-state index is 0.175. The molecule has 0 atom stereocenters. The van der Waals surface area contributed by atoms with Crippen molar-refractivity contribution in [3.63, 3.8) is 0 Å². The molecule has 0 saturated carbocycles. The maximum atomic E-state index is 11.6. The molecule has 0 unspecified atom stereocenters. The summed E-state index contributed by atoms with van der Waals surface area (Å²) in [6.07, 6.45) is 0. The summed E-state index contributed by atoms with van der Waals surface area (Å²) in [5.41, 5.74) is 1.96. The second kappa shape index (κ2) is 6.09. The first-order valence-corrected chi connectivity index (χ1v) is 7.26. The van der Waals surface area contributed by atoms with Crippen molar-refractivity contribution < 1.29 is 19.5 Å². The molecule has 2 aromatic carbocycles. The van der Waals surface area contributed by atoms with Crippen LogP contribution in [0.4, 0.5) is 11.4 Å². The first kappa shape index (κ1) is 15.6. The predicted molar refractivity (Wildman–Crippen MR) is 91.5 cm³/mol. The normalized spacial score (nSPS) is 12.3. The highest BCUT2D eigenvalue weighted by Crippen LogP contribution is 2.20. The maximum Gasteiger partial charge on any atom is 0.335 e. The van der Waals surface area contributed by atoms with Gasteiger partial charge < -0.3 is 15.7 Å². The van der Waals surface area contributed by atoms with Crippen LogP contribution in [0.25, 0.3) is 0 Å². The molecular formula is C16H11N3O4S. The molecule has 1 aliphatic heterocycles. The average Bonchev–Trinajstić information content (AvgIpc) is 2.82. The smallest absolute Gasteiger partial charge is 0.335 e. The van der Waals surface area contributed by atoms with Crippen molar-refractivity contribution in [1.29, 1.82) is 0 Å². The van der Waals surface area contributed by atoms with E-state index in [0.717, 1.165) is 0 Å². The van der Waals surface area contributed by atoms with Crippen molar-refractivity contribution in [3.8, 4) is 0 Å². The van der Waals surface area contributed by atoms with Gasteiger partial charge in [0.25, 0.3) is 11.8 Å². The van der Waals surface area contributed by atoms with Gasteiger partial charge in [0.2, 0.25) is 0 Å². The number of carboxylic acids is 1. The number of hydrogen-bond acceptors (Lipinski definition) is 4. The zero-order chi connectivity index (χ0) is 17.3. The highest BCUT2D eigenvalue weighted by molar-refractivity contribution is 7.80. The topological polar surface area (TPSA) is 108 Å². The van der Waals surface area contributed by atoms with Gasteiger partial charge in [0.1, 0.15) is 0 Å². The third kappa shape index (κ3) is 3.08. The summed E-state index contributed by atoms with van der Waals surface area (Å²) in [7, 11) is 0. The molecule has 0 fully saturated rings. The molecule has 0 aromatic heterocycles. The van der Waals surface area contributed by atoms with Gasteiger partial charge in [-0.25, -0.2) is 4.79 Å². The van der Waals surface area contributed by atoms with E-state index in [9.17, 15) is 14.4 Å². The number of anilines is 2. The summed E-state index contributed by atoms with van der Waals surface area (Å²) in [6, 6.07) is 10.8. The molecule has 0 spiro atoms. The molecule has 8 heteroatoms. The maximum absolute atomic E-state index is 11.6. The Bertz CT molecular complexity index is 877. The van der Waals surface area contributed by atoms with Crippen LogP contribution in [0.15, 0.2) is 42.5 Å². The van der Waals surface area contributed by atoms with Crippen LogP contribution in [0.1, 0.15) is 31.1 Å².